The molecule has 0 unspecified atom stereocenters. The van der Waals surface area contributed by atoms with E-state index in [4.69, 9.17) is 4.74 Å². The van der Waals surface area contributed by atoms with Crippen LogP contribution in [0.1, 0.15) is 90.9 Å². The minimum absolute atomic E-state index is 0.0492. The topological polar surface area (TPSA) is 26.3 Å². The van der Waals surface area contributed by atoms with Crippen LogP contribution in [0.5, 0.6) is 0 Å². The van der Waals surface area contributed by atoms with Crippen LogP contribution < -0.4 is 0 Å². The van der Waals surface area contributed by atoms with Gasteiger partial charge in [-0.2, -0.15) is 0 Å². The van der Waals surface area contributed by atoms with Crippen LogP contribution in [0.25, 0.3) is 12.2 Å². The number of carbonyl (C=O) groups excluding carboxylic acids is 1. The summed E-state index contributed by atoms with van der Waals surface area (Å²) < 4.78 is 20.4. The number of rotatable bonds is 9. The molecule has 0 spiro atoms. The van der Waals surface area contributed by atoms with Gasteiger partial charge in [0.15, 0.2) is 0 Å². The Labute approximate surface area is 215 Å². The van der Waals surface area contributed by atoms with Gasteiger partial charge >= 0.3 is 5.97 Å². The molecule has 1 aliphatic carbocycles. The highest BCUT2D eigenvalue weighted by atomic mass is 19.1. The quantitative estimate of drug-likeness (QED) is 0.224. The van der Waals surface area contributed by atoms with E-state index in [9.17, 15) is 9.18 Å². The monoisotopic (exact) mass is 484 g/mol. The lowest BCUT2D eigenvalue weighted by molar-refractivity contribution is 0.0161. The van der Waals surface area contributed by atoms with Gasteiger partial charge in [0.2, 0.25) is 0 Å². The zero-order chi connectivity index (χ0) is 25.3. The summed E-state index contributed by atoms with van der Waals surface area (Å²) in [6, 6.07) is 23.5. The number of ether oxygens (including phenoxy) is 1. The van der Waals surface area contributed by atoms with Crippen molar-refractivity contribution >= 4 is 18.1 Å². The number of hydrogen-bond acceptors (Lipinski definition) is 2. The van der Waals surface area contributed by atoms with Crippen LogP contribution in [-0.2, 0) is 11.2 Å². The fourth-order valence-electron chi connectivity index (χ4n) is 5.16. The van der Waals surface area contributed by atoms with Crippen molar-refractivity contribution in [2.75, 3.05) is 0 Å². The summed E-state index contributed by atoms with van der Waals surface area (Å²) >= 11 is 0. The Morgan fingerprint density at radius 1 is 0.972 bits per heavy atom. The maximum atomic E-state index is 14.7. The average Bonchev–Trinajstić information content (AvgIpc) is 2.90. The summed E-state index contributed by atoms with van der Waals surface area (Å²) in [4.78, 5) is 12.6. The molecule has 4 rings (SSSR count). The van der Waals surface area contributed by atoms with Gasteiger partial charge in [0, 0.05) is 5.56 Å². The first-order valence-corrected chi connectivity index (χ1v) is 13.3. The van der Waals surface area contributed by atoms with Gasteiger partial charge in [-0.15, -0.1) is 0 Å². The van der Waals surface area contributed by atoms with E-state index in [0.717, 1.165) is 43.6 Å². The second-order valence-corrected chi connectivity index (χ2v) is 10.2. The molecule has 3 aromatic carbocycles. The van der Waals surface area contributed by atoms with E-state index in [2.05, 4.69) is 62.4 Å². The van der Waals surface area contributed by atoms with Crippen molar-refractivity contribution in [3.63, 3.8) is 0 Å². The first-order valence-electron chi connectivity index (χ1n) is 13.3. The SMILES string of the molecule is CCCC1CCC(OC(=O)c2ccc(C=Cc3ccc(C[C@H](C)c4ccccc4)cc3)c(F)c2)CC1. The predicted molar refractivity (Wildman–Crippen MR) is 146 cm³/mol. The molecular formula is C33H37FO2. The molecule has 0 aromatic heterocycles. The first-order chi connectivity index (χ1) is 17.5. The Hall–Kier alpha value is -3.20. The fraction of sp³-hybridized carbons (Fsp3) is 0.364. The summed E-state index contributed by atoms with van der Waals surface area (Å²) in [6.07, 6.45) is 11.1. The standard InChI is InChI=1S/C33H37FO2/c1-3-7-25-15-20-31(21-16-25)36-33(35)30-19-18-29(32(34)23-30)17-14-26-10-12-27(13-11-26)22-24(2)28-8-5-4-6-9-28/h4-6,8-14,17-19,23-25,31H,3,7,15-16,20-22H2,1-2H3/t24-,25?,31?/m0/s1. The molecule has 0 amide bonds. The lowest BCUT2D eigenvalue weighted by Gasteiger charge is -2.28. The minimum Gasteiger partial charge on any atom is -0.459 e. The second-order valence-electron chi connectivity index (χ2n) is 10.2. The van der Waals surface area contributed by atoms with Crippen LogP contribution in [0.3, 0.4) is 0 Å². The maximum absolute atomic E-state index is 14.7. The van der Waals surface area contributed by atoms with E-state index in [1.807, 2.05) is 12.1 Å². The second kappa shape index (κ2) is 12.7. The molecule has 188 valence electrons. The van der Waals surface area contributed by atoms with E-state index in [0.29, 0.717) is 11.5 Å². The number of benzene rings is 3. The lowest BCUT2D eigenvalue weighted by Crippen LogP contribution is -2.24. The first kappa shape index (κ1) is 25.9. The smallest absolute Gasteiger partial charge is 0.338 e. The van der Waals surface area contributed by atoms with Crippen molar-refractivity contribution in [1.82, 2.24) is 0 Å². The molecule has 2 nitrogen and oxygen atoms in total. The van der Waals surface area contributed by atoms with Gasteiger partial charge in [0.05, 0.1) is 5.56 Å². The van der Waals surface area contributed by atoms with Gasteiger partial charge in [-0.1, -0.05) is 99.5 Å². The molecule has 3 aromatic rings. The van der Waals surface area contributed by atoms with E-state index in [1.54, 1.807) is 18.2 Å². The van der Waals surface area contributed by atoms with Crippen molar-refractivity contribution in [1.29, 1.82) is 0 Å². The normalized spacial score (nSPS) is 18.8. The van der Waals surface area contributed by atoms with Gasteiger partial charge in [-0.05, 0) is 72.8 Å². The zero-order valence-corrected chi connectivity index (χ0v) is 21.5. The van der Waals surface area contributed by atoms with Gasteiger partial charge in [0.1, 0.15) is 11.9 Å². The number of carbonyl (C=O) groups is 1. The van der Waals surface area contributed by atoms with Crippen molar-refractivity contribution in [3.05, 3.63) is 106 Å². The van der Waals surface area contributed by atoms with E-state index < -0.39 is 11.8 Å². The van der Waals surface area contributed by atoms with Crippen molar-refractivity contribution in [3.8, 4) is 0 Å². The Kier molecular flexibility index (Phi) is 9.11. The van der Waals surface area contributed by atoms with Crippen LogP contribution in [0.2, 0.25) is 0 Å². The largest absolute Gasteiger partial charge is 0.459 e. The highest BCUT2D eigenvalue weighted by molar-refractivity contribution is 5.90. The molecule has 1 saturated carbocycles. The third-order valence-electron chi connectivity index (χ3n) is 7.35. The Morgan fingerprint density at radius 2 is 1.69 bits per heavy atom. The summed E-state index contributed by atoms with van der Waals surface area (Å²) in [7, 11) is 0. The molecule has 1 atom stereocenters. The fourth-order valence-corrected chi connectivity index (χ4v) is 5.16. The van der Waals surface area contributed by atoms with E-state index in [1.165, 1.54) is 30.0 Å². The van der Waals surface area contributed by atoms with Gasteiger partial charge < -0.3 is 4.74 Å². The summed E-state index contributed by atoms with van der Waals surface area (Å²) in [5.74, 6) is 0.356. The third-order valence-corrected chi connectivity index (χ3v) is 7.35. The Morgan fingerprint density at radius 3 is 2.36 bits per heavy atom. The molecule has 0 N–H and O–H groups in total. The third kappa shape index (κ3) is 7.16. The summed E-state index contributed by atoms with van der Waals surface area (Å²) in [5, 5.41) is 0. The van der Waals surface area contributed by atoms with Gasteiger partial charge in [0.25, 0.3) is 0 Å². The lowest BCUT2D eigenvalue weighted by atomic mass is 9.85. The molecule has 1 fully saturated rings. The highest BCUT2D eigenvalue weighted by Crippen LogP contribution is 2.30. The Balaban J connectivity index is 1.31. The molecule has 0 bridgehead atoms. The molecule has 0 radical (unpaired) electrons. The zero-order valence-electron chi connectivity index (χ0n) is 21.5. The van der Waals surface area contributed by atoms with Crippen LogP contribution in [0.4, 0.5) is 4.39 Å². The Bertz CT molecular complexity index is 1140. The van der Waals surface area contributed by atoms with Gasteiger partial charge in [-0.3, -0.25) is 0 Å². The molecule has 3 heteroatoms. The molecule has 1 aliphatic rings. The average molecular weight is 485 g/mol. The number of hydrogen-bond donors (Lipinski definition) is 0. The molecule has 0 heterocycles. The molecule has 0 saturated heterocycles. The van der Waals surface area contributed by atoms with Crippen molar-refractivity contribution < 1.29 is 13.9 Å². The van der Waals surface area contributed by atoms with Crippen molar-refractivity contribution in [2.24, 2.45) is 5.92 Å². The predicted octanol–water partition coefficient (Wildman–Crippen LogP) is 8.86. The molecule has 0 aliphatic heterocycles. The van der Waals surface area contributed by atoms with Crippen LogP contribution >= 0.6 is 0 Å². The van der Waals surface area contributed by atoms with Crippen LogP contribution in [-0.4, -0.2) is 12.1 Å². The molecular weight excluding hydrogens is 447 g/mol. The maximum Gasteiger partial charge on any atom is 0.338 e. The number of halogens is 1. The minimum atomic E-state index is -0.427. The molecule has 36 heavy (non-hydrogen) atoms. The van der Waals surface area contributed by atoms with Crippen LogP contribution in [0.15, 0.2) is 72.8 Å². The summed E-state index contributed by atoms with van der Waals surface area (Å²) in [6.45, 7) is 4.45. The summed E-state index contributed by atoms with van der Waals surface area (Å²) in [5.41, 5.74) is 4.35. The van der Waals surface area contributed by atoms with Crippen LogP contribution in [0, 0.1) is 11.7 Å². The van der Waals surface area contributed by atoms with E-state index in [-0.39, 0.29) is 11.7 Å². The van der Waals surface area contributed by atoms with E-state index >= 15 is 0 Å². The number of esters is 1. The highest BCUT2D eigenvalue weighted by Gasteiger charge is 2.24. The van der Waals surface area contributed by atoms with Crippen molar-refractivity contribution in [2.45, 2.75) is 70.8 Å². The van der Waals surface area contributed by atoms with Gasteiger partial charge in [-0.25, -0.2) is 9.18 Å².